The Bertz CT molecular complexity index is 596. The summed E-state index contributed by atoms with van der Waals surface area (Å²) in [7, 11) is 1.63. The maximum Gasteiger partial charge on any atom is 0.273 e. The SMILES string of the molecule is COCc1nc(C(=O)N2CCC[C@@H](n3cccn3)C2)cs1. The molecule has 6 nitrogen and oxygen atoms in total. The number of aromatic nitrogens is 3. The fourth-order valence-corrected chi connectivity index (χ4v) is 3.35. The summed E-state index contributed by atoms with van der Waals surface area (Å²) >= 11 is 1.46. The lowest BCUT2D eigenvalue weighted by Gasteiger charge is -2.32. The number of ether oxygens (including phenoxy) is 1. The fourth-order valence-electron chi connectivity index (χ4n) is 2.61. The molecule has 0 radical (unpaired) electrons. The van der Waals surface area contributed by atoms with Gasteiger partial charge in [-0.3, -0.25) is 9.48 Å². The lowest BCUT2D eigenvalue weighted by molar-refractivity contribution is 0.0667. The minimum Gasteiger partial charge on any atom is -0.378 e. The molecule has 1 amide bonds. The number of hydrogen-bond acceptors (Lipinski definition) is 5. The Morgan fingerprint density at radius 1 is 1.57 bits per heavy atom. The summed E-state index contributed by atoms with van der Waals surface area (Å²) in [5.41, 5.74) is 0.521. The van der Waals surface area contributed by atoms with E-state index in [2.05, 4.69) is 10.1 Å². The van der Waals surface area contributed by atoms with Gasteiger partial charge in [-0.2, -0.15) is 5.10 Å². The molecule has 21 heavy (non-hydrogen) atoms. The van der Waals surface area contributed by atoms with Crippen LogP contribution in [0.15, 0.2) is 23.8 Å². The Morgan fingerprint density at radius 2 is 2.48 bits per heavy atom. The molecule has 1 saturated heterocycles. The number of rotatable bonds is 4. The van der Waals surface area contributed by atoms with Crippen LogP contribution >= 0.6 is 11.3 Å². The summed E-state index contributed by atoms with van der Waals surface area (Å²) in [6.45, 7) is 1.93. The quantitative estimate of drug-likeness (QED) is 0.866. The van der Waals surface area contributed by atoms with Crippen LogP contribution in [0.25, 0.3) is 0 Å². The number of hydrogen-bond donors (Lipinski definition) is 0. The molecule has 0 bridgehead atoms. The first kappa shape index (κ1) is 14.2. The number of methoxy groups -OCH3 is 1. The second-order valence-electron chi connectivity index (χ2n) is 5.09. The molecule has 0 aromatic carbocycles. The third-order valence-electron chi connectivity index (χ3n) is 3.62. The van der Waals surface area contributed by atoms with Crippen LogP contribution in [0.2, 0.25) is 0 Å². The van der Waals surface area contributed by atoms with E-state index >= 15 is 0 Å². The minimum atomic E-state index is 0.00505. The Balaban J connectivity index is 1.68. The molecule has 1 aliphatic rings. The van der Waals surface area contributed by atoms with E-state index in [9.17, 15) is 4.79 Å². The molecule has 3 rings (SSSR count). The highest BCUT2D eigenvalue weighted by Gasteiger charge is 2.26. The van der Waals surface area contributed by atoms with E-state index in [4.69, 9.17) is 4.74 Å². The zero-order valence-electron chi connectivity index (χ0n) is 11.9. The van der Waals surface area contributed by atoms with Crippen LogP contribution in [0, 0.1) is 0 Å². The van der Waals surface area contributed by atoms with Crippen molar-refractivity contribution in [1.29, 1.82) is 0 Å². The zero-order chi connectivity index (χ0) is 14.7. The second-order valence-corrected chi connectivity index (χ2v) is 6.04. The van der Waals surface area contributed by atoms with Crippen molar-refractivity contribution in [3.63, 3.8) is 0 Å². The fraction of sp³-hybridized carbons (Fsp3) is 0.500. The number of thiazole rings is 1. The van der Waals surface area contributed by atoms with E-state index in [1.54, 1.807) is 13.3 Å². The van der Waals surface area contributed by atoms with Crippen LogP contribution in [0.3, 0.4) is 0 Å². The standard InChI is InChI=1S/C14H18N4O2S/c1-20-9-13-16-12(10-21-13)14(19)17-6-2-4-11(8-17)18-7-3-5-15-18/h3,5,7,10-11H,2,4,6,8-9H2,1H3/t11-/m1/s1. The van der Waals surface area contributed by atoms with Gasteiger partial charge in [0, 0.05) is 38.0 Å². The van der Waals surface area contributed by atoms with Gasteiger partial charge in [-0.25, -0.2) is 4.98 Å². The topological polar surface area (TPSA) is 60.2 Å². The first-order valence-corrected chi connectivity index (χ1v) is 7.87. The van der Waals surface area contributed by atoms with E-state index in [0.29, 0.717) is 18.8 Å². The van der Waals surface area contributed by atoms with Crippen LogP contribution in [0.1, 0.15) is 34.4 Å². The van der Waals surface area contributed by atoms with Crippen molar-refractivity contribution in [3.8, 4) is 0 Å². The van der Waals surface area contributed by atoms with Crippen molar-refractivity contribution in [3.05, 3.63) is 34.5 Å². The average molecular weight is 306 g/mol. The predicted molar refractivity (Wildman–Crippen MR) is 79.2 cm³/mol. The van der Waals surface area contributed by atoms with Gasteiger partial charge in [-0.15, -0.1) is 11.3 Å². The summed E-state index contributed by atoms with van der Waals surface area (Å²) in [5.74, 6) is 0.00505. The third-order valence-corrected chi connectivity index (χ3v) is 4.44. The molecule has 7 heteroatoms. The van der Waals surface area contributed by atoms with E-state index in [1.807, 2.05) is 27.2 Å². The first-order chi connectivity index (χ1) is 10.3. The van der Waals surface area contributed by atoms with Gasteiger partial charge >= 0.3 is 0 Å². The van der Waals surface area contributed by atoms with Crippen LogP contribution < -0.4 is 0 Å². The van der Waals surface area contributed by atoms with Gasteiger partial charge in [0.1, 0.15) is 10.7 Å². The summed E-state index contributed by atoms with van der Waals surface area (Å²) in [6.07, 6.45) is 5.78. The van der Waals surface area contributed by atoms with Gasteiger partial charge in [0.2, 0.25) is 0 Å². The lowest BCUT2D eigenvalue weighted by atomic mass is 10.1. The van der Waals surface area contributed by atoms with Crippen molar-refractivity contribution in [2.75, 3.05) is 20.2 Å². The highest BCUT2D eigenvalue weighted by Crippen LogP contribution is 2.22. The van der Waals surface area contributed by atoms with Gasteiger partial charge in [0.15, 0.2) is 0 Å². The van der Waals surface area contributed by atoms with E-state index < -0.39 is 0 Å². The molecule has 1 aliphatic heterocycles. The van der Waals surface area contributed by atoms with Gasteiger partial charge in [-0.05, 0) is 18.9 Å². The molecule has 1 fully saturated rings. The van der Waals surface area contributed by atoms with Crippen LogP contribution in [-0.2, 0) is 11.3 Å². The summed E-state index contributed by atoms with van der Waals surface area (Å²) in [4.78, 5) is 18.8. The normalized spacial score (nSPS) is 18.9. The molecule has 112 valence electrons. The van der Waals surface area contributed by atoms with Crippen molar-refractivity contribution in [2.24, 2.45) is 0 Å². The van der Waals surface area contributed by atoms with E-state index in [0.717, 1.165) is 24.4 Å². The summed E-state index contributed by atoms with van der Waals surface area (Å²) < 4.78 is 6.99. The molecule has 0 spiro atoms. The van der Waals surface area contributed by atoms with Crippen molar-refractivity contribution >= 4 is 17.2 Å². The molecule has 3 heterocycles. The highest BCUT2D eigenvalue weighted by atomic mass is 32.1. The van der Waals surface area contributed by atoms with Gasteiger partial charge in [0.25, 0.3) is 5.91 Å². The average Bonchev–Trinajstić information content (AvgIpc) is 3.18. The minimum absolute atomic E-state index is 0.00505. The number of nitrogens with zero attached hydrogens (tertiary/aromatic N) is 4. The zero-order valence-corrected chi connectivity index (χ0v) is 12.8. The lowest BCUT2D eigenvalue weighted by Crippen LogP contribution is -2.41. The van der Waals surface area contributed by atoms with Gasteiger partial charge < -0.3 is 9.64 Å². The molecule has 0 unspecified atom stereocenters. The molecule has 1 atom stereocenters. The number of likely N-dealkylation sites (tertiary alicyclic amines) is 1. The molecular weight excluding hydrogens is 288 g/mol. The molecule has 0 N–H and O–H groups in total. The Kier molecular flexibility index (Phi) is 4.31. The largest absolute Gasteiger partial charge is 0.378 e. The van der Waals surface area contributed by atoms with E-state index in [1.165, 1.54) is 11.3 Å². The maximum atomic E-state index is 12.5. The molecule has 0 aliphatic carbocycles. The number of amides is 1. The van der Waals surface area contributed by atoms with Gasteiger partial charge in [0.05, 0.1) is 12.6 Å². The molecular formula is C14H18N4O2S. The maximum absolute atomic E-state index is 12.5. The number of carbonyl (C=O) groups excluding carboxylic acids is 1. The molecule has 2 aromatic heterocycles. The van der Waals surface area contributed by atoms with Crippen molar-refractivity contribution in [1.82, 2.24) is 19.7 Å². The predicted octanol–water partition coefficient (Wildman–Crippen LogP) is 1.96. The second kappa shape index (κ2) is 6.36. The van der Waals surface area contributed by atoms with E-state index in [-0.39, 0.29) is 11.9 Å². The summed E-state index contributed by atoms with van der Waals surface area (Å²) in [6, 6.07) is 2.17. The molecule has 2 aromatic rings. The third kappa shape index (κ3) is 3.14. The molecule has 0 saturated carbocycles. The first-order valence-electron chi connectivity index (χ1n) is 6.99. The number of piperidine rings is 1. The Morgan fingerprint density at radius 3 is 3.24 bits per heavy atom. The van der Waals surface area contributed by atoms with Gasteiger partial charge in [-0.1, -0.05) is 0 Å². The Labute approximate surface area is 127 Å². The monoisotopic (exact) mass is 306 g/mol. The smallest absolute Gasteiger partial charge is 0.273 e. The highest BCUT2D eigenvalue weighted by molar-refractivity contribution is 7.09. The van der Waals surface area contributed by atoms with Crippen LogP contribution in [0.4, 0.5) is 0 Å². The Hall–Kier alpha value is -1.73. The van der Waals surface area contributed by atoms with Crippen molar-refractivity contribution in [2.45, 2.75) is 25.5 Å². The summed E-state index contributed by atoms with van der Waals surface area (Å²) in [5, 5.41) is 6.93. The van der Waals surface area contributed by atoms with Crippen molar-refractivity contribution < 1.29 is 9.53 Å². The van der Waals surface area contributed by atoms with Crippen LogP contribution in [0.5, 0.6) is 0 Å². The van der Waals surface area contributed by atoms with Crippen LogP contribution in [-0.4, -0.2) is 45.8 Å². The number of carbonyl (C=O) groups is 1.